The van der Waals surface area contributed by atoms with Gasteiger partial charge in [0.2, 0.25) is 0 Å². The summed E-state index contributed by atoms with van der Waals surface area (Å²) < 4.78 is 19.2. The molecule has 0 fully saturated rings. The molecule has 6 heteroatoms. The van der Waals surface area contributed by atoms with E-state index in [0.717, 1.165) is 0 Å². The molecule has 1 unspecified atom stereocenters. The van der Waals surface area contributed by atoms with Crippen molar-refractivity contribution in [1.82, 2.24) is 4.72 Å². The van der Waals surface area contributed by atoms with E-state index in [1.807, 2.05) is 0 Å². The van der Waals surface area contributed by atoms with Crippen LogP contribution in [0, 0.1) is 0 Å². The van der Waals surface area contributed by atoms with Crippen molar-refractivity contribution >= 4 is 22.7 Å². The fraction of sp³-hybridized carbons (Fsp3) is 0.467. The second-order valence-electron chi connectivity index (χ2n) is 5.64. The zero-order valence-electron chi connectivity index (χ0n) is 12.9. The predicted molar refractivity (Wildman–Crippen MR) is 82.2 cm³/mol. The Morgan fingerprint density at radius 3 is 2.38 bits per heavy atom. The van der Waals surface area contributed by atoms with Gasteiger partial charge in [0.15, 0.2) is 5.78 Å². The number of ketones is 1. The van der Waals surface area contributed by atoms with Gasteiger partial charge in [0, 0.05) is 5.56 Å². The van der Waals surface area contributed by atoms with Gasteiger partial charge in [0.05, 0.1) is 22.8 Å². The summed E-state index contributed by atoms with van der Waals surface area (Å²) in [7, 11) is -0.173. The largest absolute Gasteiger partial charge is 0.468 e. The zero-order valence-corrected chi connectivity index (χ0v) is 13.7. The van der Waals surface area contributed by atoms with Crippen molar-refractivity contribution in [3.8, 4) is 0 Å². The maximum Gasteiger partial charge on any atom is 0.328 e. The first-order valence-electron chi connectivity index (χ1n) is 6.53. The summed E-state index contributed by atoms with van der Waals surface area (Å²) in [6, 6.07) is 5.77. The lowest BCUT2D eigenvalue weighted by molar-refractivity contribution is -0.142. The molecule has 0 spiro atoms. The van der Waals surface area contributed by atoms with Crippen molar-refractivity contribution < 1.29 is 18.5 Å². The summed E-state index contributed by atoms with van der Waals surface area (Å²) in [4.78, 5) is 23.4. The van der Waals surface area contributed by atoms with Gasteiger partial charge in [-0.1, -0.05) is 18.2 Å². The minimum atomic E-state index is -1.44. The van der Waals surface area contributed by atoms with Crippen LogP contribution in [-0.2, 0) is 20.5 Å². The number of rotatable bonds is 5. The lowest BCUT2D eigenvalue weighted by atomic mass is 10.0. The summed E-state index contributed by atoms with van der Waals surface area (Å²) >= 11 is 0. The molecule has 0 aromatic heterocycles. The van der Waals surface area contributed by atoms with Crippen LogP contribution in [0.3, 0.4) is 0 Å². The zero-order chi connectivity index (χ0) is 16.2. The quantitative estimate of drug-likeness (QED) is 0.668. The summed E-state index contributed by atoms with van der Waals surface area (Å²) in [5, 5.41) is 0. The van der Waals surface area contributed by atoms with Gasteiger partial charge in [-0.2, -0.15) is 0 Å². The van der Waals surface area contributed by atoms with Crippen LogP contribution < -0.4 is 4.72 Å². The highest BCUT2D eigenvalue weighted by molar-refractivity contribution is 7.84. The summed E-state index contributed by atoms with van der Waals surface area (Å²) in [5.74, 6) is -0.647. The van der Waals surface area contributed by atoms with Gasteiger partial charge in [0.1, 0.15) is 6.04 Å². The number of benzene rings is 1. The van der Waals surface area contributed by atoms with E-state index in [1.165, 1.54) is 14.0 Å². The number of hydrogen-bond donors (Lipinski definition) is 1. The molecule has 0 heterocycles. The molecule has 0 radical (unpaired) electrons. The van der Waals surface area contributed by atoms with E-state index in [1.54, 1.807) is 45.0 Å². The number of ether oxygens (including phenoxy) is 1. The first-order valence-corrected chi connectivity index (χ1v) is 7.68. The third-order valence-corrected chi connectivity index (χ3v) is 4.41. The minimum absolute atomic E-state index is 0.0996. The Bertz CT molecular complexity index is 563. The average molecular weight is 311 g/mol. The SMILES string of the molecule is COC(=O)[C@H](NS(=O)C(C)(C)C)c1cccc(C(C)=O)c1. The molecule has 0 aliphatic rings. The number of Topliss-reactive ketones (excluding diaryl/α,β-unsaturated/α-hetero) is 1. The Labute approximate surface area is 127 Å². The summed E-state index contributed by atoms with van der Waals surface area (Å²) in [5.41, 5.74) is 1.04. The second kappa shape index (κ2) is 6.95. The standard InChI is InChI=1S/C15H21NO4S/c1-10(17)11-7-6-8-12(9-11)13(14(18)20-5)16-21(19)15(2,3)4/h6-9,13,16H,1-5H3/t13-,21?/m1/s1. The number of esters is 1. The predicted octanol–water partition coefficient (Wildman–Crippen LogP) is 2.16. The molecule has 1 rings (SSSR count). The summed E-state index contributed by atoms with van der Waals surface area (Å²) in [6.07, 6.45) is 0. The van der Waals surface area contributed by atoms with E-state index >= 15 is 0 Å². The molecule has 1 aromatic rings. The fourth-order valence-corrected chi connectivity index (χ4v) is 2.39. The van der Waals surface area contributed by atoms with Crippen LogP contribution in [0.15, 0.2) is 24.3 Å². The average Bonchev–Trinajstić information content (AvgIpc) is 2.42. The highest BCUT2D eigenvalue weighted by Crippen LogP contribution is 2.20. The maximum atomic E-state index is 12.2. The van der Waals surface area contributed by atoms with Crippen LogP contribution in [-0.4, -0.2) is 27.8 Å². The maximum absolute atomic E-state index is 12.2. The molecule has 116 valence electrons. The van der Waals surface area contributed by atoms with E-state index < -0.39 is 27.7 Å². The number of carbonyl (C=O) groups is 2. The molecule has 0 bridgehead atoms. The third-order valence-electron chi connectivity index (χ3n) is 2.84. The molecule has 2 atom stereocenters. The van der Waals surface area contributed by atoms with Gasteiger partial charge in [-0.05, 0) is 39.3 Å². The number of carbonyl (C=O) groups excluding carboxylic acids is 2. The van der Waals surface area contributed by atoms with Crippen molar-refractivity contribution in [3.63, 3.8) is 0 Å². The molecular formula is C15H21NO4S. The van der Waals surface area contributed by atoms with Crippen molar-refractivity contribution in [1.29, 1.82) is 0 Å². The Kier molecular flexibility index (Phi) is 5.80. The highest BCUT2D eigenvalue weighted by Gasteiger charge is 2.28. The van der Waals surface area contributed by atoms with E-state index in [4.69, 9.17) is 4.74 Å². The van der Waals surface area contributed by atoms with Gasteiger partial charge in [-0.15, -0.1) is 0 Å². The smallest absolute Gasteiger partial charge is 0.328 e. The molecule has 1 N–H and O–H groups in total. The first kappa shape index (κ1) is 17.5. The van der Waals surface area contributed by atoms with Crippen LogP contribution >= 0.6 is 0 Å². The van der Waals surface area contributed by atoms with Gasteiger partial charge in [-0.25, -0.2) is 13.7 Å². The Morgan fingerprint density at radius 1 is 1.29 bits per heavy atom. The highest BCUT2D eigenvalue weighted by atomic mass is 32.2. The Morgan fingerprint density at radius 2 is 1.90 bits per heavy atom. The molecule has 0 saturated heterocycles. The van der Waals surface area contributed by atoms with Crippen LogP contribution in [0.2, 0.25) is 0 Å². The van der Waals surface area contributed by atoms with E-state index in [-0.39, 0.29) is 5.78 Å². The van der Waals surface area contributed by atoms with E-state index in [2.05, 4.69) is 4.72 Å². The molecule has 0 amide bonds. The molecule has 0 aliphatic heterocycles. The van der Waals surface area contributed by atoms with Gasteiger partial charge < -0.3 is 4.74 Å². The number of nitrogens with one attached hydrogen (secondary N) is 1. The minimum Gasteiger partial charge on any atom is -0.468 e. The molecule has 5 nitrogen and oxygen atoms in total. The lowest BCUT2D eigenvalue weighted by Gasteiger charge is -2.23. The van der Waals surface area contributed by atoms with E-state index in [9.17, 15) is 13.8 Å². The third kappa shape index (κ3) is 4.75. The topological polar surface area (TPSA) is 72.5 Å². The van der Waals surface area contributed by atoms with E-state index in [0.29, 0.717) is 11.1 Å². The van der Waals surface area contributed by atoms with Crippen LogP contribution in [0.1, 0.15) is 49.7 Å². The number of hydrogen-bond acceptors (Lipinski definition) is 4. The molecule has 0 aliphatic carbocycles. The molecule has 21 heavy (non-hydrogen) atoms. The van der Waals surface area contributed by atoms with Crippen LogP contribution in [0.4, 0.5) is 0 Å². The lowest BCUT2D eigenvalue weighted by Crippen LogP contribution is -2.39. The first-order chi connectivity index (χ1) is 9.66. The van der Waals surface area contributed by atoms with Crippen LogP contribution in [0.5, 0.6) is 0 Å². The monoisotopic (exact) mass is 311 g/mol. The van der Waals surface area contributed by atoms with Gasteiger partial charge >= 0.3 is 5.97 Å². The van der Waals surface area contributed by atoms with Crippen molar-refractivity contribution in [2.24, 2.45) is 0 Å². The normalized spacial score (nSPS) is 14.3. The second-order valence-corrected chi connectivity index (χ2v) is 7.63. The number of methoxy groups -OCH3 is 1. The Hall–Kier alpha value is -1.53. The molecular weight excluding hydrogens is 290 g/mol. The molecule has 1 aromatic carbocycles. The van der Waals surface area contributed by atoms with Gasteiger partial charge in [0.25, 0.3) is 0 Å². The van der Waals surface area contributed by atoms with Crippen molar-refractivity contribution in [2.75, 3.05) is 7.11 Å². The Balaban J connectivity index is 3.14. The van der Waals surface area contributed by atoms with Gasteiger partial charge in [-0.3, -0.25) is 4.79 Å². The van der Waals surface area contributed by atoms with Crippen LogP contribution in [0.25, 0.3) is 0 Å². The summed E-state index contributed by atoms with van der Waals surface area (Å²) in [6.45, 7) is 6.86. The van der Waals surface area contributed by atoms with Crippen molar-refractivity contribution in [3.05, 3.63) is 35.4 Å². The molecule has 0 saturated carbocycles. The van der Waals surface area contributed by atoms with Crippen molar-refractivity contribution in [2.45, 2.75) is 38.5 Å². The fourth-order valence-electron chi connectivity index (χ4n) is 1.59.